The van der Waals surface area contributed by atoms with Gasteiger partial charge in [-0.3, -0.25) is 10.1 Å². The molecular formula is C12H11FN4O2. The average Bonchev–Trinajstić information content (AvgIpc) is 2.37. The summed E-state index contributed by atoms with van der Waals surface area (Å²) in [7, 11) is 0. The molecule has 0 bridgehead atoms. The average molecular weight is 262 g/mol. The highest BCUT2D eigenvalue weighted by Crippen LogP contribution is 2.21. The molecule has 0 aliphatic carbocycles. The van der Waals surface area contributed by atoms with Gasteiger partial charge in [-0.15, -0.1) is 0 Å². The molecule has 0 atom stereocenters. The molecule has 1 heterocycles. The Morgan fingerprint density at radius 2 is 2.05 bits per heavy atom. The second kappa shape index (κ2) is 5.30. The predicted octanol–water partition coefficient (Wildman–Crippen LogP) is 2.32. The number of nitrogens with two attached hydrogens (primary N) is 1. The van der Waals surface area contributed by atoms with Crippen molar-refractivity contribution in [1.82, 2.24) is 4.98 Å². The van der Waals surface area contributed by atoms with E-state index in [2.05, 4.69) is 10.3 Å². The van der Waals surface area contributed by atoms with Gasteiger partial charge < -0.3 is 11.1 Å². The third kappa shape index (κ3) is 2.95. The van der Waals surface area contributed by atoms with Crippen LogP contribution in [0.3, 0.4) is 0 Å². The highest BCUT2D eigenvalue weighted by atomic mass is 19.1. The SMILES string of the molecule is Nc1nc(NCc2ccccc2F)ccc1[N+](=O)[O-]. The fourth-order valence-corrected chi connectivity index (χ4v) is 1.55. The van der Waals surface area contributed by atoms with Gasteiger partial charge in [0.1, 0.15) is 11.6 Å². The molecular weight excluding hydrogens is 251 g/mol. The van der Waals surface area contributed by atoms with Crippen LogP contribution in [0.5, 0.6) is 0 Å². The second-order valence-electron chi connectivity index (χ2n) is 3.80. The highest BCUT2D eigenvalue weighted by Gasteiger charge is 2.12. The molecule has 19 heavy (non-hydrogen) atoms. The van der Waals surface area contributed by atoms with Crippen LogP contribution in [0.15, 0.2) is 36.4 Å². The Morgan fingerprint density at radius 3 is 2.68 bits per heavy atom. The van der Waals surface area contributed by atoms with Crippen molar-refractivity contribution in [1.29, 1.82) is 0 Å². The van der Waals surface area contributed by atoms with E-state index in [0.717, 1.165) is 0 Å². The van der Waals surface area contributed by atoms with Crippen LogP contribution in [0, 0.1) is 15.9 Å². The van der Waals surface area contributed by atoms with Crippen molar-refractivity contribution in [2.45, 2.75) is 6.54 Å². The number of hydrogen-bond donors (Lipinski definition) is 2. The maximum Gasteiger partial charge on any atom is 0.311 e. The topological polar surface area (TPSA) is 94.1 Å². The van der Waals surface area contributed by atoms with E-state index in [1.165, 1.54) is 18.2 Å². The molecule has 2 aromatic rings. The molecule has 0 unspecified atom stereocenters. The van der Waals surface area contributed by atoms with Crippen LogP contribution in [-0.2, 0) is 6.54 Å². The molecule has 6 nitrogen and oxygen atoms in total. The molecule has 0 aliphatic heterocycles. The Labute approximate surface area is 108 Å². The molecule has 98 valence electrons. The first-order chi connectivity index (χ1) is 9.08. The summed E-state index contributed by atoms with van der Waals surface area (Å²) in [6.45, 7) is 0.219. The Balaban J connectivity index is 2.11. The lowest BCUT2D eigenvalue weighted by Gasteiger charge is -2.07. The minimum absolute atomic E-state index is 0.177. The van der Waals surface area contributed by atoms with Crippen LogP contribution in [0.2, 0.25) is 0 Å². The van der Waals surface area contributed by atoms with E-state index in [4.69, 9.17) is 5.73 Å². The van der Waals surface area contributed by atoms with Gasteiger partial charge in [0.2, 0.25) is 5.82 Å². The van der Waals surface area contributed by atoms with Crippen molar-refractivity contribution in [3.8, 4) is 0 Å². The lowest BCUT2D eigenvalue weighted by atomic mass is 10.2. The molecule has 0 amide bonds. The normalized spacial score (nSPS) is 10.2. The van der Waals surface area contributed by atoms with E-state index in [1.54, 1.807) is 18.2 Å². The summed E-state index contributed by atoms with van der Waals surface area (Å²) in [6.07, 6.45) is 0. The number of hydrogen-bond acceptors (Lipinski definition) is 5. The fraction of sp³-hybridized carbons (Fsp3) is 0.0833. The van der Waals surface area contributed by atoms with Crippen molar-refractivity contribution in [2.24, 2.45) is 0 Å². The highest BCUT2D eigenvalue weighted by molar-refractivity contribution is 5.57. The molecule has 0 aliphatic rings. The zero-order chi connectivity index (χ0) is 13.8. The maximum atomic E-state index is 13.4. The standard InChI is InChI=1S/C12H11FN4O2/c13-9-4-2-1-3-8(9)7-15-11-6-5-10(17(18)19)12(14)16-11/h1-6H,7H2,(H3,14,15,16). The molecule has 0 saturated heterocycles. The van der Waals surface area contributed by atoms with Crippen LogP contribution in [0.4, 0.5) is 21.7 Å². The van der Waals surface area contributed by atoms with E-state index in [-0.39, 0.29) is 23.9 Å². The van der Waals surface area contributed by atoms with Crippen molar-refractivity contribution < 1.29 is 9.31 Å². The minimum Gasteiger partial charge on any atom is -0.378 e. The molecule has 1 aromatic heterocycles. The summed E-state index contributed by atoms with van der Waals surface area (Å²) in [5, 5.41) is 13.4. The van der Waals surface area contributed by atoms with Crippen LogP contribution in [-0.4, -0.2) is 9.91 Å². The number of nitrogen functional groups attached to an aromatic ring is 1. The molecule has 1 aromatic carbocycles. The largest absolute Gasteiger partial charge is 0.378 e. The summed E-state index contributed by atoms with van der Waals surface area (Å²) >= 11 is 0. The van der Waals surface area contributed by atoms with Gasteiger partial charge >= 0.3 is 5.69 Å². The van der Waals surface area contributed by atoms with Gasteiger partial charge in [-0.2, -0.15) is 0 Å². The van der Waals surface area contributed by atoms with Crippen LogP contribution in [0.1, 0.15) is 5.56 Å². The number of nitro groups is 1. The minimum atomic E-state index is -0.608. The van der Waals surface area contributed by atoms with Gasteiger partial charge in [0.15, 0.2) is 0 Å². The van der Waals surface area contributed by atoms with Crippen LogP contribution in [0.25, 0.3) is 0 Å². The Morgan fingerprint density at radius 1 is 1.32 bits per heavy atom. The van der Waals surface area contributed by atoms with Crippen molar-refractivity contribution in [3.05, 3.63) is 57.9 Å². The first-order valence-electron chi connectivity index (χ1n) is 5.46. The van der Waals surface area contributed by atoms with Gasteiger partial charge in [-0.1, -0.05) is 18.2 Å². The lowest BCUT2D eigenvalue weighted by molar-refractivity contribution is -0.384. The third-order valence-corrected chi connectivity index (χ3v) is 2.52. The second-order valence-corrected chi connectivity index (χ2v) is 3.80. The van der Waals surface area contributed by atoms with E-state index in [0.29, 0.717) is 11.4 Å². The molecule has 0 fully saturated rings. The summed E-state index contributed by atoms with van der Waals surface area (Å²) in [5.74, 6) is -0.153. The van der Waals surface area contributed by atoms with Crippen molar-refractivity contribution in [2.75, 3.05) is 11.1 Å². The van der Waals surface area contributed by atoms with E-state index in [9.17, 15) is 14.5 Å². The molecule has 2 rings (SSSR count). The smallest absolute Gasteiger partial charge is 0.311 e. The number of nitrogens with one attached hydrogen (secondary N) is 1. The summed E-state index contributed by atoms with van der Waals surface area (Å²) in [5.41, 5.74) is 5.67. The predicted molar refractivity (Wildman–Crippen MR) is 69.0 cm³/mol. The lowest BCUT2D eigenvalue weighted by Crippen LogP contribution is -2.05. The number of pyridine rings is 1. The molecule has 7 heteroatoms. The first-order valence-corrected chi connectivity index (χ1v) is 5.46. The maximum absolute atomic E-state index is 13.4. The monoisotopic (exact) mass is 262 g/mol. The summed E-state index contributed by atoms with van der Waals surface area (Å²) in [4.78, 5) is 13.8. The number of nitrogens with zero attached hydrogens (tertiary/aromatic N) is 2. The third-order valence-electron chi connectivity index (χ3n) is 2.52. The van der Waals surface area contributed by atoms with Crippen LogP contribution < -0.4 is 11.1 Å². The summed E-state index contributed by atoms with van der Waals surface area (Å²) in [6, 6.07) is 8.99. The van der Waals surface area contributed by atoms with Gasteiger partial charge in [0.25, 0.3) is 0 Å². The Kier molecular flexibility index (Phi) is 3.56. The number of anilines is 2. The molecule has 0 radical (unpaired) electrons. The number of benzene rings is 1. The number of rotatable bonds is 4. The van der Waals surface area contributed by atoms with Crippen molar-refractivity contribution in [3.63, 3.8) is 0 Å². The Bertz CT molecular complexity index is 618. The number of halogens is 1. The van der Waals surface area contributed by atoms with Crippen LogP contribution >= 0.6 is 0 Å². The van der Waals surface area contributed by atoms with Crippen molar-refractivity contribution >= 4 is 17.3 Å². The zero-order valence-corrected chi connectivity index (χ0v) is 9.84. The van der Waals surface area contributed by atoms with Gasteiger partial charge in [0.05, 0.1) is 4.92 Å². The van der Waals surface area contributed by atoms with E-state index < -0.39 is 4.92 Å². The number of aromatic nitrogens is 1. The molecule has 0 saturated carbocycles. The van der Waals surface area contributed by atoms with E-state index in [1.807, 2.05) is 0 Å². The molecule has 0 spiro atoms. The van der Waals surface area contributed by atoms with Gasteiger partial charge in [-0.25, -0.2) is 9.37 Å². The van der Waals surface area contributed by atoms with Gasteiger partial charge in [0, 0.05) is 18.2 Å². The fourth-order valence-electron chi connectivity index (χ4n) is 1.55. The van der Waals surface area contributed by atoms with E-state index >= 15 is 0 Å². The quantitative estimate of drug-likeness (QED) is 0.651. The summed E-state index contributed by atoms with van der Waals surface area (Å²) < 4.78 is 13.4. The zero-order valence-electron chi connectivity index (χ0n) is 9.84. The van der Waals surface area contributed by atoms with Gasteiger partial charge in [-0.05, 0) is 12.1 Å². The Hall–Kier alpha value is -2.70. The first kappa shape index (κ1) is 12.7. The molecule has 3 N–H and O–H groups in total.